The van der Waals surface area contributed by atoms with Crippen molar-refractivity contribution in [2.24, 2.45) is 0 Å². The van der Waals surface area contributed by atoms with Gasteiger partial charge < -0.3 is 10.1 Å². The molecule has 1 amide bonds. The van der Waals surface area contributed by atoms with Crippen molar-refractivity contribution in [2.75, 3.05) is 12.4 Å². The smallest absolute Gasteiger partial charge is 0.339 e. The average molecular weight is 319 g/mol. The van der Waals surface area contributed by atoms with Crippen LogP contribution < -0.4 is 5.32 Å². The van der Waals surface area contributed by atoms with Crippen molar-refractivity contribution in [3.05, 3.63) is 58.4 Å². The van der Waals surface area contributed by atoms with E-state index in [4.69, 9.17) is 16.3 Å². The molecule has 0 atom stereocenters. The summed E-state index contributed by atoms with van der Waals surface area (Å²) in [5.74, 6) is -0.797. The summed E-state index contributed by atoms with van der Waals surface area (Å²) in [6.45, 7) is 1.77. The Morgan fingerprint density at radius 1 is 1.36 bits per heavy atom. The molecule has 1 N–H and O–H groups in total. The molecular weight excluding hydrogens is 304 g/mol. The number of benzene rings is 1. The number of pyridine rings is 1. The zero-order valence-electron chi connectivity index (χ0n) is 12.2. The van der Waals surface area contributed by atoms with Crippen molar-refractivity contribution in [3.63, 3.8) is 0 Å². The molecule has 114 valence electrons. The van der Waals surface area contributed by atoms with Gasteiger partial charge in [-0.25, -0.2) is 4.79 Å². The lowest BCUT2D eigenvalue weighted by Crippen LogP contribution is -2.17. The van der Waals surface area contributed by atoms with Gasteiger partial charge in [0.05, 0.1) is 24.8 Å². The fourth-order valence-corrected chi connectivity index (χ4v) is 2.11. The minimum atomic E-state index is -0.531. The molecule has 0 saturated carbocycles. The maximum atomic E-state index is 12.1. The lowest BCUT2D eigenvalue weighted by Gasteiger charge is -2.12. The fourth-order valence-electron chi connectivity index (χ4n) is 1.95. The number of anilines is 1. The van der Waals surface area contributed by atoms with E-state index in [0.717, 1.165) is 11.1 Å². The lowest BCUT2D eigenvalue weighted by atomic mass is 10.1. The molecule has 2 aromatic rings. The Morgan fingerprint density at radius 2 is 2.14 bits per heavy atom. The van der Waals surface area contributed by atoms with Crippen molar-refractivity contribution >= 4 is 29.2 Å². The minimum Gasteiger partial charge on any atom is -0.465 e. The number of hydrogen-bond acceptors (Lipinski definition) is 4. The van der Waals surface area contributed by atoms with Crippen molar-refractivity contribution in [1.82, 2.24) is 4.98 Å². The normalized spacial score (nSPS) is 10.1. The van der Waals surface area contributed by atoms with Gasteiger partial charge in [-0.2, -0.15) is 0 Å². The second-order valence-corrected chi connectivity index (χ2v) is 5.13. The number of esters is 1. The lowest BCUT2D eigenvalue weighted by molar-refractivity contribution is -0.115. The number of nitrogens with one attached hydrogen (secondary N) is 1. The maximum Gasteiger partial charge on any atom is 0.339 e. The van der Waals surface area contributed by atoms with Crippen LogP contribution in [-0.4, -0.2) is 24.0 Å². The third-order valence-electron chi connectivity index (χ3n) is 3.07. The first-order valence-electron chi connectivity index (χ1n) is 6.58. The van der Waals surface area contributed by atoms with Crippen LogP contribution in [-0.2, 0) is 16.0 Å². The molecule has 1 heterocycles. The van der Waals surface area contributed by atoms with Gasteiger partial charge in [0.25, 0.3) is 0 Å². The number of aryl methyl sites for hydroxylation is 1. The van der Waals surface area contributed by atoms with Crippen LogP contribution in [0.1, 0.15) is 21.5 Å². The third-order valence-corrected chi connectivity index (χ3v) is 3.47. The summed E-state index contributed by atoms with van der Waals surface area (Å²) in [6.07, 6.45) is 3.40. The number of aromatic nitrogens is 1. The van der Waals surface area contributed by atoms with E-state index in [1.165, 1.54) is 7.11 Å². The van der Waals surface area contributed by atoms with Gasteiger partial charge in [-0.15, -0.1) is 0 Å². The van der Waals surface area contributed by atoms with Crippen LogP contribution in [0.15, 0.2) is 36.7 Å². The largest absolute Gasteiger partial charge is 0.465 e. The highest BCUT2D eigenvalue weighted by atomic mass is 35.5. The Bertz CT molecular complexity index is 702. The molecule has 0 unspecified atom stereocenters. The van der Waals surface area contributed by atoms with E-state index >= 15 is 0 Å². The zero-order valence-corrected chi connectivity index (χ0v) is 13.0. The molecule has 0 bridgehead atoms. The molecule has 1 aromatic carbocycles. The molecule has 6 heteroatoms. The summed E-state index contributed by atoms with van der Waals surface area (Å²) in [6, 6.07) is 6.69. The minimum absolute atomic E-state index is 0.153. The first-order valence-corrected chi connectivity index (χ1v) is 6.96. The number of rotatable bonds is 4. The second kappa shape index (κ2) is 7.04. The van der Waals surface area contributed by atoms with Gasteiger partial charge in [-0.05, 0) is 36.2 Å². The standard InChI is InChI=1S/C16H15ClN2O3/c1-10-6-12(16(21)22-2)14(8-13(10)17)19-15(20)7-11-4-3-5-18-9-11/h3-6,8-9H,7H2,1-2H3,(H,19,20). The van der Waals surface area contributed by atoms with Crippen LogP contribution in [0.25, 0.3) is 0 Å². The van der Waals surface area contributed by atoms with Crippen LogP contribution in [0.3, 0.4) is 0 Å². The molecule has 0 fully saturated rings. The second-order valence-electron chi connectivity index (χ2n) is 4.72. The summed E-state index contributed by atoms with van der Waals surface area (Å²) in [5, 5.41) is 3.15. The van der Waals surface area contributed by atoms with Gasteiger partial charge in [-0.3, -0.25) is 9.78 Å². The highest BCUT2D eigenvalue weighted by molar-refractivity contribution is 6.32. The number of ether oxygens (including phenoxy) is 1. The predicted octanol–water partition coefficient (Wildman–Crippen LogP) is 3.01. The van der Waals surface area contributed by atoms with E-state index in [9.17, 15) is 9.59 Å². The van der Waals surface area contributed by atoms with Crippen LogP contribution >= 0.6 is 11.6 Å². The molecule has 0 radical (unpaired) electrons. The van der Waals surface area contributed by atoms with Crippen LogP contribution in [0.5, 0.6) is 0 Å². The summed E-state index contributed by atoms with van der Waals surface area (Å²) < 4.78 is 4.73. The van der Waals surface area contributed by atoms with Crippen LogP contribution in [0.4, 0.5) is 5.69 Å². The van der Waals surface area contributed by atoms with Gasteiger partial charge in [0.2, 0.25) is 5.91 Å². The van der Waals surface area contributed by atoms with Gasteiger partial charge in [0, 0.05) is 17.4 Å². The summed E-state index contributed by atoms with van der Waals surface area (Å²) in [7, 11) is 1.29. The molecule has 2 rings (SSSR count). The monoisotopic (exact) mass is 318 g/mol. The zero-order chi connectivity index (χ0) is 16.1. The van der Waals surface area contributed by atoms with Crippen molar-refractivity contribution in [2.45, 2.75) is 13.3 Å². The Balaban J connectivity index is 2.23. The van der Waals surface area contributed by atoms with E-state index in [2.05, 4.69) is 10.3 Å². The van der Waals surface area contributed by atoms with Crippen molar-refractivity contribution < 1.29 is 14.3 Å². The number of halogens is 1. The van der Waals surface area contributed by atoms with E-state index in [1.807, 2.05) is 0 Å². The number of methoxy groups -OCH3 is 1. The molecular formula is C16H15ClN2O3. The van der Waals surface area contributed by atoms with Crippen molar-refractivity contribution in [1.29, 1.82) is 0 Å². The molecule has 0 aliphatic carbocycles. The number of amides is 1. The molecule has 0 spiro atoms. The summed E-state index contributed by atoms with van der Waals surface area (Å²) in [4.78, 5) is 27.9. The molecule has 0 saturated heterocycles. The van der Waals surface area contributed by atoms with Gasteiger partial charge >= 0.3 is 5.97 Å². The van der Waals surface area contributed by atoms with E-state index < -0.39 is 5.97 Å². The third kappa shape index (κ3) is 3.83. The van der Waals surface area contributed by atoms with Gasteiger partial charge in [0.1, 0.15) is 0 Å². The molecule has 0 aliphatic heterocycles. The van der Waals surface area contributed by atoms with E-state index in [0.29, 0.717) is 10.7 Å². The Labute approximate surface area is 133 Å². The first-order chi connectivity index (χ1) is 10.5. The molecule has 5 nitrogen and oxygen atoms in total. The molecule has 0 aliphatic rings. The first kappa shape index (κ1) is 16.0. The van der Waals surface area contributed by atoms with Gasteiger partial charge in [0.15, 0.2) is 0 Å². The molecule has 1 aromatic heterocycles. The predicted molar refractivity (Wildman–Crippen MR) is 84.1 cm³/mol. The van der Waals surface area contributed by atoms with Crippen LogP contribution in [0.2, 0.25) is 5.02 Å². The SMILES string of the molecule is COC(=O)c1cc(C)c(Cl)cc1NC(=O)Cc1cccnc1. The number of nitrogens with zero attached hydrogens (tertiary/aromatic N) is 1. The number of hydrogen-bond donors (Lipinski definition) is 1. The quantitative estimate of drug-likeness (QED) is 0.880. The average Bonchev–Trinajstić information content (AvgIpc) is 2.50. The Kier molecular flexibility index (Phi) is 5.12. The number of carbonyl (C=O) groups excluding carboxylic acids is 2. The van der Waals surface area contributed by atoms with Crippen LogP contribution in [0, 0.1) is 6.92 Å². The number of carbonyl (C=O) groups is 2. The van der Waals surface area contributed by atoms with Crippen molar-refractivity contribution in [3.8, 4) is 0 Å². The topological polar surface area (TPSA) is 68.3 Å². The van der Waals surface area contributed by atoms with E-state index in [-0.39, 0.29) is 17.9 Å². The Hall–Kier alpha value is -2.40. The highest BCUT2D eigenvalue weighted by Gasteiger charge is 2.16. The summed E-state index contributed by atoms with van der Waals surface area (Å²) in [5.41, 5.74) is 2.10. The van der Waals surface area contributed by atoms with E-state index in [1.54, 1.807) is 43.6 Å². The maximum absolute atomic E-state index is 12.1. The summed E-state index contributed by atoms with van der Waals surface area (Å²) >= 11 is 6.06. The molecule has 22 heavy (non-hydrogen) atoms. The fraction of sp³-hybridized carbons (Fsp3) is 0.188. The van der Waals surface area contributed by atoms with Gasteiger partial charge in [-0.1, -0.05) is 17.7 Å². The highest BCUT2D eigenvalue weighted by Crippen LogP contribution is 2.26. The Morgan fingerprint density at radius 3 is 2.77 bits per heavy atom.